The summed E-state index contributed by atoms with van der Waals surface area (Å²) in [6.45, 7) is 1.69. The Balaban J connectivity index is 1.64. The number of fused-ring (bicyclic) bond motifs is 1. The number of benzene rings is 3. The van der Waals surface area contributed by atoms with Crippen LogP contribution < -0.4 is 4.74 Å². The summed E-state index contributed by atoms with van der Waals surface area (Å²) in [4.78, 5) is 11.2. The maximum atomic E-state index is 15.0. The summed E-state index contributed by atoms with van der Waals surface area (Å²) in [6, 6.07) is 20.1. The van der Waals surface area contributed by atoms with Crippen LogP contribution in [0, 0.1) is 17.7 Å². The minimum Gasteiger partial charge on any atom is -0.485 e. The molecule has 0 spiro atoms. The molecule has 0 saturated carbocycles. The lowest BCUT2D eigenvalue weighted by atomic mass is 9.96. The second kappa shape index (κ2) is 10.0. The first-order chi connectivity index (χ1) is 16.0. The molecule has 166 valence electrons. The van der Waals surface area contributed by atoms with E-state index in [1.165, 1.54) is 6.07 Å². The number of ether oxygens (including phenoxy) is 1. The summed E-state index contributed by atoms with van der Waals surface area (Å²) in [5.74, 6) is 4.62. The second-order valence-electron chi connectivity index (χ2n) is 7.74. The molecule has 33 heavy (non-hydrogen) atoms. The molecule has 3 aromatic carbocycles. The standard InChI is InChI=1S/C27H23FN2O3/c1-2-6-20(15-27(31)32)19-9-11-22(12-10-19)33-26(13-18-7-4-3-5-8-18)23-16-25-21(14-24(23)28)17-29-30-25/h3-5,7-12,14,16-17,20,26H,13,15H2,1H3,(H,29,30)(H,31,32). The number of carbonyl (C=O) groups is 1. The quantitative estimate of drug-likeness (QED) is 0.346. The van der Waals surface area contributed by atoms with Gasteiger partial charge in [0, 0.05) is 17.4 Å². The molecule has 4 aromatic rings. The molecule has 1 heterocycles. The summed E-state index contributed by atoms with van der Waals surface area (Å²) in [5.41, 5.74) is 2.98. The minimum atomic E-state index is -0.907. The van der Waals surface area contributed by atoms with E-state index in [1.54, 1.807) is 43.5 Å². The van der Waals surface area contributed by atoms with Crippen LogP contribution in [-0.4, -0.2) is 21.3 Å². The SMILES string of the molecule is CC#CC(CC(=O)O)c1ccc(OC(Cc2ccccc2)c2cc3[nH]ncc3cc2F)cc1. The molecule has 5 nitrogen and oxygen atoms in total. The van der Waals surface area contributed by atoms with Crippen LogP contribution in [0.5, 0.6) is 5.75 Å². The van der Waals surface area contributed by atoms with Gasteiger partial charge in [-0.15, -0.1) is 5.92 Å². The summed E-state index contributed by atoms with van der Waals surface area (Å²) in [5, 5.41) is 16.7. The lowest BCUT2D eigenvalue weighted by Gasteiger charge is -2.21. The maximum absolute atomic E-state index is 15.0. The first-order valence-corrected chi connectivity index (χ1v) is 10.6. The number of halogens is 1. The Morgan fingerprint density at radius 1 is 1.15 bits per heavy atom. The normalized spacial score (nSPS) is 12.5. The molecule has 0 aliphatic carbocycles. The van der Waals surface area contributed by atoms with Crippen LogP contribution in [0.4, 0.5) is 4.39 Å². The number of nitrogens with one attached hydrogen (secondary N) is 1. The minimum absolute atomic E-state index is 0.0763. The zero-order chi connectivity index (χ0) is 23.2. The van der Waals surface area contributed by atoms with Crippen molar-refractivity contribution < 1.29 is 19.0 Å². The molecule has 2 atom stereocenters. The van der Waals surface area contributed by atoms with Crippen molar-refractivity contribution in [2.24, 2.45) is 0 Å². The summed E-state index contributed by atoms with van der Waals surface area (Å²) in [6.07, 6.45) is 1.41. The Kier molecular flexibility index (Phi) is 6.70. The summed E-state index contributed by atoms with van der Waals surface area (Å²) in [7, 11) is 0. The third kappa shape index (κ3) is 5.39. The molecule has 0 saturated heterocycles. The lowest BCUT2D eigenvalue weighted by molar-refractivity contribution is -0.137. The highest BCUT2D eigenvalue weighted by atomic mass is 19.1. The van der Waals surface area contributed by atoms with E-state index in [2.05, 4.69) is 22.0 Å². The predicted octanol–water partition coefficient (Wildman–Crippen LogP) is 5.65. The van der Waals surface area contributed by atoms with Crippen molar-refractivity contribution in [1.29, 1.82) is 0 Å². The fourth-order valence-corrected chi connectivity index (χ4v) is 3.81. The van der Waals surface area contributed by atoms with E-state index in [0.29, 0.717) is 23.1 Å². The first-order valence-electron chi connectivity index (χ1n) is 10.6. The lowest BCUT2D eigenvalue weighted by Crippen LogP contribution is -2.13. The van der Waals surface area contributed by atoms with E-state index in [1.807, 2.05) is 30.3 Å². The second-order valence-corrected chi connectivity index (χ2v) is 7.74. The van der Waals surface area contributed by atoms with Gasteiger partial charge in [0.1, 0.15) is 17.7 Å². The van der Waals surface area contributed by atoms with Gasteiger partial charge >= 0.3 is 5.97 Å². The number of carboxylic acid groups (broad SMARTS) is 1. The highest BCUT2D eigenvalue weighted by Crippen LogP contribution is 2.31. The van der Waals surface area contributed by atoms with Crippen molar-refractivity contribution in [3.05, 3.63) is 95.4 Å². The van der Waals surface area contributed by atoms with Gasteiger partial charge in [-0.1, -0.05) is 48.4 Å². The van der Waals surface area contributed by atoms with E-state index in [0.717, 1.165) is 16.6 Å². The molecule has 0 fully saturated rings. The number of carboxylic acids is 1. The smallest absolute Gasteiger partial charge is 0.304 e. The fraction of sp³-hybridized carbons (Fsp3) is 0.185. The first kappa shape index (κ1) is 22.1. The van der Waals surface area contributed by atoms with Crippen LogP contribution in [0.1, 0.15) is 42.1 Å². The molecular formula is C27H23FN2O3. The Hall–Kier alpha value is -4.11. The van der Waals surface area contributed by atoms with E-state index in [9.17, 15) is 4.79 Å². The third-order valence-corrected chi connectivity index (χ3v) is 5.43. The van der Waals surface area contributed by atoms with Crippen LogP contribution in [0.3, 0.4) is 0 Å². The number of hydrogen-bond acceptors (Lipinski definition) is 3. The zero-order valence-electron chi connectivity index (χ0n) is 18.1. The van der Waals surface area contributed by atoms with Gasteiger partial charge in [-0.25, -0.2) is 4.39 Å². The number of aromatic amines is 1. The average Bonchev–Trinajstić information content (AvgIpc) is 3.26. The van der Waals surface area contributed by atoms with Gasteiger partial charge in [-0.05, 0) is 42.3 Å². The molecule has 0 radical (unpaired) electrons. The highest BCUT2D eigenvalue weighted by molar-refractivity contribution is 5.78. The monoisotopic (exact) mass is 442 g/mol. The summed E-state index contributed by atoms with van der Waals surface area (Å²) >= 11 is 0. The van der Waals surface area contributed by atoms with Crippen molar-refractivity contribution in [3.8, 4) is 17.6 Å². The van der Waals surface area contributed by atoms with Crippen LogP contribution >= 0.6 is 0 Å². The Morgan fingerprint density at radius 3 is 2.61 bits per heavy atom. The highest BCUT2D eigenvalue weighted by Gasteiger charge is 2.21. The van der Waals surface area contributed by atoms with Crippen LogP contribution in [0.2, 0.25) is 0 Å². The van der Waals surface area contributed by atoms with Crippen molar-refractivity contribution in [2.75, 3.05) is 0 Å². The van der Waals surface area contributed by atoms with Gasteiger partial charge in [-0.2, -0.15) is 5.10 Å². The fourth-order valence-electron chi connectivity index (χ4n) is 3.81. The van der Waals surface area contributed by atoms with Gasteiger partial charge in [0.2, 0.25) is 0 Å². The van der Waals surface area contributed by atoms with Crippen molar-refractivity contribution in [3.63, 3.8) is 0 Å². The van der Waals surface area contributed by atoms with Crippen molar-refractivity contribution in [1.82, 2.24) is 10.2 Å². The van der Waals surface area contributed by atoms with E-state index in [-0.39, 0.29) is 12.2 Å². The molecule has 2 N–H and O–H groups in total. The van der Waals surface area contributed by atoms with Crippen LogP contribution in [0.15, 0.2) is 72.9 Å². The Morgan fingerprint density at radius 2 is 1.91 bits per heavy atom. The van der Waals surface area contributed by atoms with Gasteiger partial charge in [-0.3, -0.25) is 9.89 Å². The number of hydrogen-bond donors (Lipinski definition) is 2. The van der Waals surface area contributed by atoms with Crippen LogP contribution in [0.25, 0.3) is 10.9 Å². The van der Waals surface area contributed by atoms with Gasteiger partial charge in [0.15, 0.2) is 0 Å². The third-order valence-electron chi connectivity index (χ3n) is 5.43. The summed E-state index contributed by atoms with van der Waals surface area (Å²) < 4.78 is 21.3. The van der Waals surface area contributed by atoms with Gasteiger partial charge in [0.25, 0.3) is 0 Å². The van der Waals surface area contributed by atoms with E-state index < -0.39 is 18.0 Å². The molecule has 6 heteroatoms. The maximum Gasteiger partial charge on any atom is 0.304 e. The van der Waals surface area contributed by atoms with E-state index in [4.69, 9.17) is 9.84 Å². The molecular weight excluding hydrogens is 419 g/mol. The van der Waals surface area contributed by atoms with Crippen molar-refractivity contribution >= 4 is 16.9 Å². The number of aromatic nitrogens is 2. The topological polar surface area (TPSA) is 75.2 Å². The number of H-pyrrole nitrogens is 1. The molecule has 0 aliphatic heterocycles. The molecule has 4 rings (SSSR count). The van der Waals surface area contributed by atoms with Gasteiger partial charge < -0.3 is 9.84 Å². The Labute approximate surface area is 191 Å². The molecule has 0 amide bonds. The predicted molar refractivity (Wildman–Crippen MR) is 124 cm³/mol. The number of aliphatic carboxylic acids is 1. The molecule has 1 aromatic heterocycles. The average molecular weight is 442 g/mol. The molecule has 2 unspecified atom stereocenters. The largest absolute Gasteiger partial charge is 0.485 e. The molecule has 0 bridgehead atoms. The molecule has 0 aliphatic rings. The zero-order valence-corrected chi connectivity index (χ0v) is 18.1. The van der Waals surface area contributed by atoms with Crippen molar-refractivity contribution in [2.45, 2.75) is 31.8 Å². The van der Waals surface area contributed by atoms with Crippen LogP contribution in [-0.2, 0) is 11.2 Å². The van der Waals surface area contributed by atoms with E-state index >= 15 is 4.39 Å². The number of nitrogens with zero attached hydrogens (tertiary/aromatic N) is 1. The number of rotatable bonds is 8. The Bertz CT molecular complexity index is 1300. The van der Waals surface area contributed by atoms with Gasteiger partial charge in [0.05, 0.1) is 24.1 Å².